The molecule has 2 aromatic rings. The largest absolute Gasteiger partial charge is 0.387 e. The van der Waals surface area contributed by atoms with Crippen LogP contribution in [-0.2, 0) is 0 Å². The Labute approximate surface area is 112 Å². The van der Waals surface area contributed by atoms with Crippen LogP contribution in [0, 0.1) is 23.7 Å². The van der Waals surface area contributed by atoms with Crippen molar-refractivity contribution in [3.05, 3.63) is 41.6 Å². The quantitative estimate of drug-likeness (QED) is 0.892. The number of aryl methyl sites for hydroxylation is 1. The molecule has 1 aromatic heterocycles. The molecule has 1 aliphatic rings. The number of nitriles is 1. The number of aliphatic hydroxyl groups is 1. The minimum Gasteiger partial charge on any atom is -0.387 e. The van der Waals surface area contributed by atoms with Crippen LogP contribution in [0.15, 0.2) is 30.3 Å². The number of para-hydroxylation sites is 1. The average Bonchev–Trinajstić information content (AvgIpc) is 2.37. The second kappa shape index (κ2) is 4.32. The zero-order valence-corrected chi connectivity index (χ0v) is 10.9. The van der Waals surface area contributed by atoms with E-state index in [9.17, 15) is 10.4 Å². The van der Waals surface area contributed by atoms with Gasteiger partial charge in [0.25, 0.3) is 0 Å². The molecule has 3 heteroatoms. The van der Waals surface area contributed by atoms with E-state index < -0.39 is 11.5 Å². The van der Waals surface area contributed by atoms with E-state index in [-0.39, 0.29) is 0 Å². The lowest BCUT2D eigenvalue weighted by Crippen LogP contribution is -2.34. The Morgan fingerprint density at radius 3 is 2.74 bits per heavy atom. The van der Waals surface area contributed by atoms with E-state index in [1.807, 2.05) is 37.3 Å². The molecule has 0 amide bonds. The van der Waals surface area contributed by atoms with Gasteiger partial charge in [-0.3, -0.25) is 4.98 Å². The van der Waals surface area contributed by atoms with Gasteiger partial charge < -0.3 is 5.11 Å². The fourth-order valence-corrected chi connectivity index (χ4v) is 2.87. The predicted octanol–water partition coefficient (Wildman–Crippen LogP) is 3.27. The SMILES string of the molecule is Cc1cc(C(O)C2(C#N)CCC2)c2ccccc2n1. The molecule has 0 radical (unpaired) electrons. The summed E-state index contributed by atoms with van der Waals surface area (Å²) in [6.45, 7) is 1.92. The van der Waals surface area contributed by atoms with Gasteiger partial charge in [-0.1, -0.05) is 24.6 Å². The van der Waals surface area contributed by atoms with Gasteiger partial charge in [0.05, 0.1) is 23.1 Å². The van der Waals surface area contributed by atoms with Gasteiger partial charge in [0.1, 0.15) is 0 Å². The van der Waals surface area contributed by atoms with E-state index in [0.29, 0.717) is 0 Å². The van der Waals surface area contributed by atoms with Crippen molar-refractivity contribution in [2.45, 2.75) is 32.3 Å². The summed E-state index contributed by atoms with van der Waals surface area (Å²) in [7, 11) is 0. The summed E-state index contributed by atoms with van der Waals surface area (Å²) in [4.78, 5) is 4.48. The molecule has 1 fully saturated rings. The summed E-state index contributed by atoms with van der Waals surface area (Å²) in [6.07, 6.45) is 1.85. The molecule has 19 heavy (non-hydrogen) atoms. The zero-order valence-electron chi connectivity index (χ0n) is 10.9. The summed E-state index contributed by atoms with van der Waals surface area (Å²) >= 11 is 0. The molecule has 1 aromatic carbocycles. The number of rotatable bonds is 2. The highest BCUT2D eigenvalue weighted by atomic mass is 16.3. The molecule has 3 rings (SSSR count). The van der Waals surface area contributed by atoms with Crippen LogP contribution in [-0.4, -0.2) is 10.1 Å². The Bertz CT molecular complexity index is 668. The number of hydrogen-bond donors (Lipinski definition) is 1. The number of aliphatic hydroxyl groups excluding tert-OH is 1. The summed E-state index contributed by atoms with van der Waals surface area (Å²) in [5.74, 6) is 0. The molecule has 0 aliphatic heterocycles. The van der Waals surface area contributed by atoms with Gasteiger partial charge in [-0.05, 0) is 37.5 Å². The van der Waals surface area contributed by atoms with Crippen LogP contribution < -0.4 is 0 Å². The second-order valence-electron chi connectivity index (χ2n) is 5.39. The van der Waals surface area contributed by atoms with Gasteiger partial charge in [-0.25, -0.2) is 0 Å². The molecule has 1 saturated carbocycles. The maximum absolute atomic E-state index is 10.7. The highest BCUT2D eigenvalue weighted by Crippen LogP contribution is 2.50. The first-order valence-electron chi connectivity index (χ1n) is 6.62. The van der Waals surface area contributed by atoms with E-state index in [1.165, 1.54) is 0 Å². The van der Waals surface area contributed by atoms with Crippen LogP contribution in [0.3, 0.4) is 0 Å². The Morgan fingerprint density at radius 1 is 1.37 bits per heavy atom. The molecule has 0 spiro atoms. The van der Waals surface area contributed by atoms with E-state index in [2.05, 4.69) is 11.1 Å². The van der Waals surface area contributed by atoms with Gasteiger partial charge in [-0.2, -0.15) is 5.26 Å². The van der Waals surface area contributed by atoms with Crippen LogP contribution in [0.25, 0.3) is 10.9 Å². The first kappa shape index (κ1) is 12.1. The van der Waals surface area contributed by atoms with Crippen LogP contribution in [0.1, 0.15) is 36.6 Å². The van der Waals surface area contributed by atoms with E-state index in [4.69, 9.17) is 0 Å². The van der Waals surface area contributed by atoms with Crippen molar-refractivity contribution in [3.8, 4) is 6.07 Å². The third-order valence-electron chi connectivity index (χ3n) is 4.16. The van der Waals surface area contributed by atoms with Gasteiger partial charge in [0.2, 0.25) is 0 Å². The number of pyridine rings is 1. The molecular formula is C16H16N2O. The van der Waals surface area contributed by atoms with Gasteiger partial charge in [0.15, 0.2) is 0 Å². The molecular weight excluding hydrogens is 236 g/mol. The van der Waals surface area contributed by atoms with Crippen molar-refractivity contribution >= 4 is 10.9 Å². The monoisotopic (exact) mass is 252 g/mol. The Kier molecular flexibility index (Phi) is 2.76. The van der Waals surface area contributed by atoms with E-state index in [1.54, 1.807) is 0 Å². The second-order valence-corrected chi connectivity index (χ2v) is 5.39. The van der Waals surface area contributed by atoms with E-state index in [0.717, 1.165) is 41.4 Å². The molecule has 0 bridgehead atoms. The lowest BCUT2D eigenvalue weighted by Gasteiger charge is -2.39. The predicted molar refractivity (Wildman–Crippen MR) is 73.3 cm³/mol. The Morgan fingerprint density at radius 2 is 2.11 bits per heavy atom. The van der Waals surface area contributed by atoms with Gasteiger partial charge >= 0.3 is 0 Å². The molecule has 0 saturated heterocycles. The van der Waals surface area contributed by atoms with Crippen molar-refractivity contribution in [2.75, 3.05) is 0 Å². The fourth-order valence-electron chi connectivity index (χ4n) is 2.87. The molecule has 3 nitrogen and oxygen atoms in total. The number of nitrogens with zero attached hydrogens (tertiary/aromatic N) is 2. The highest BCUT2D eigenvalue weighted by molar-refractivity contribution is 5.82. The Hall–Kier alpha value is -1.92. The van der Waals surface area contributed by atoms with Crippen LogP contribution >= 0.6 is 0 Å². The standard InChI is InChI=1S/C16H16N2O/c1-11-9-13(12-5-2-3-6-14(12)18-11)15(19)16(10-17)7-4-8-16/h2-3,5-6,9,15,19H,4,7-8H2,1H3. The third-order valence-corrected chi connectivity index (χ3v) is 4.16. The van der Waals surface area contributed by atoms with Gasteiger partial charge in [-0.15, -0.1) is 0 Å². The molecule has 1 heterocycles. The summed E-state index contributed by atoms with van der Waals surface area (Å²) in [5.41, 5.74) is 1.99. The summed E-state index contributed by atoms with van der Waals surface area (Å²) in [6, 6.07) is 12.0. The van der Waals surface area contributed by atoms with Crippen molar-refractivity contribution in [3.63, 3.8) is 0 Å². The summed E-state index contributed by atoms with van der Waals surface area (Å²) < 4.78 is 0. The third kappa shape index (κ3) is 1.80. The molecule has 1 unspecified atom stereocenters. The lowest BCUT2D eigenvalue weighted by molar-refractivity contribution is 0.00888. The minimum absolute atomic E-state index is 0.601. The number of hydrogen-bond acceptors (Lipinski definition) is 3. The Balaban J connectivity index is 2.17. The molecule has 1 aliphatic carbocycles. The van der Waals surface area contributed by atoms with Crippen molar-refractivity contribution in [1.29, 1.82) is 5.26 Å². The fraction of sp³-hybridized carbons (Fsp3) is 0.375. The normalized spacial score (nSPS) is 18.6. The highest BCUT2D eigenvalue weighted by Gasteiger charge is 2.45. The van der Waals surface area contributed by atoms with Crippen LogP contribution in [0.2, 0.25) is 0 Å². The van der Waals surface area contributed by atoms with Crippen LogP contribution in [0.5, 0.6) is 0 Å². The maximum Gasteiger partial charge on any atom is 0.0983 e. The topological polar surface area (TPSA) is 56.9 Å². The number of aromatic nitrogens is 1. The average molecular weight is 252 g/mol. The first-order valence-corrected chi connectivity index (χ1v) is 6.62. The van der Waals surface area contributed by atoms with Crippen molar-refractivity contribution in [1.82, 2.24) is 4.98 Å². The van der Waals surface area contributed by atoms with E-state index >= 15 is 0 Å². The van der Waals surface area contributed by atoms with Crippen molar-refractivity contribution in [2.24, 2.45) is 5.41 Å². The van der Waals surface area contributed by atoms with Crippen molar-refractivity contribution < 1.29 is 5.11 Å². The minimum atomic E-state index is -0.724. The van der Waals surface area contributed by atoms with Gasteiger partial charge in [0, 0.05) is 11.1 Å². The summed E-state index contributed by atoms with van der Waals surface area (Å²) in [5, 5.41) is 21.0. The molecule has 96 valence electrons. The van der Waals surface area contributed by atoms with Crippen LogP contribution in [0.4, 0.5) is 0 Å². The lowest BCUT2D eigenvalue weighted by atomic mass is 9.64. The molecule has 1 atom stereocenters. The smallest absolute Gasteiger partial charge is 0.0983 e. The first-order chi connectivity index (χ1) is 9.16. The maximum atomic E-state index is 10.7. The zero-order chi connectivity index (χ0) is 13.5. The number of benzene rings is 1. The number of fused-ring (bicyclic) bond motifs is 1. The molecule has 1 N–H and O–H groups in total.